The molecule has 0 bridgehead atoms. The van der Waals surface area contributed by atoms with E-state index in [-0.39, 0.29) is 16.7 Å². The zero-order chi connectivity index (χ0) is 13.8. The molecule has 0 radical (unpaired) electrons. The Labute approximate surface area is 107 Å². The first-order valence-corrected chi connectivity index (χ1v) is 7.52. The molecule has 0 aliphatic carbocycles. The summed E-state index contributed by atoms with van der Waals surface area (Å²) in [6.45, 7) is 2.32. The monoisotopic (exact) mass is 270 g/mol. The SMILES string of the molecule is CC(CN)CC(=O)Nc1cccc(S(C)(=O)=O)c1. The quantitative estimate of drug-likeness (QED) is 0.835. The standard InChI is InChI=1S/C12H18N2O3S/c1-9(8-13)6-12(15)14-10-4-3-5-11(7-10)18(2,16)17/h3-5,7,9H,6,8,13H2,1-2H3,(H,14,15). The van der Waals surface area contributed by atoms with Crippen LogP contribution in [-0.4, -0.2) is 27.1 Å². The Kier molecular flexibility index (Phi) is 4.86. The number of carbonyl (C=O) groups is 1. The summed E-state index contributed by atoms with van der Waals surface area (Å²) in [6.07, 6.45) is 1.45. The third-order valence-corrected chi connectivity index (χ3v) is 3.59. The van der Waals surface area contributed by atoms with Crippen molar-refractivity contribution >= 4 is 21.4 Å². The van der Waals surface area contributed by atoms with Crippen LogP contribution in [0.1, 0.15) is 13.3 Å². The van der Waals surface area contributed by atoms with E-state index in [1.54, 1.807) is 12.1 Å². The molecule has 18 heavy (non-hydrogen) atoms. The minimum atomic E-state index is -3.26. The van der Waals surface area contributed by atoms with Gasteiger partial charge in [-0.15, -0.1) is 0 Å². The molecule has 0 fully saturated rings. The first-order chi connectivity index (χ1) is 8.32. The Morgan fingerprint density at radius 3 is 2.67 bits per heavy atom. The third kappa shape index (κ3) is 4.46. The predicted octanol–water partition coefficient (Wildman–Crippen LogP) is 1.01. The van der Waals surface area contributed by atoms with Gasteiger partial charge in [-0.1, -0.05) is 13.0 Å². The fraction of sp³-hybridized carbons (Fsp3) is 0.417. The highest BCUT2D eigenvalue weighted by Gasteiger charge is 2.10. The van der Waals surface area contributed by atoms with Gasteiger partial charge in [0.05, 0.1) is 4.90 Å². The normalized spacial score (nSPS) is 13.1. The average molecular weight is 270 g/mol. The second-order valence-corrected chi connectivity index (χ2v) is 6.41. The number of amides is 1. The van der Waals surface area contributed by atoms with E-state index in [0.29, 0.717) is 18.7 Å². The van der Waals surface area contributed by atoms with Crippen molar-refractivity contribution < 1.29 is 13.2 Å². The summed E-state index contributed by atoms with van der Waals surface area (Å²) in [4.78, 5) is 11.8. The lowest BCUT2D eigenvalue weighted by Crippen LogP contribution is -2.20. The summed E-state index contributed by atoms with van der Waals surface area (Å²) in [5, 5.41) is 2.66. The van der Waals surface area contributed by atoms with Crippen molar-refractivity contribution in [2.45, 2.75) is 18.2 Å². The smallest absolute Gasteiger partial charge is 0.224 e. The van der Waals surface area contributed by atoms with Gasteiger partial charge in [0.1, 0.15) is 0 Å². The van der Waals surface area contributed by atoms with Gasteiger partial charge in [-0.3, -0.25) is 4.79 Å². The summed E-state index contributed by atoms with van der Waals surface area (Å²) in [5.74, 6) is -0.0679. The minimum absolute atomic E-state index is 0.100. The maximum Gasteiger partial charge on any atom is 0.224 e. The van der Waals surface area contributed by atoms with Gasteiger partial charge < -0.3 is 11.1 Å². The molecule has 1 aromatic rings. The van der Waals surface area contributed by atoms with E-state index < -0.39 is 9.84 Å². The van der Waals surface area contributed by atoms with Crippen LogP contribution < -0.4 is 11.1 Å². The van der Waals surface area contributed by atoms with Gasteiger partial charge in [0.2, 0.25) is 5.91 Å². The van der Waals surface area contributed by atoms with Crippen LogP contribution in [0.5, 0.6) is 0 Å². The number of rotatable bonds is 5. The maximum atomic E-state index is 11.6. The number of nitrogens with one attached hydrogen (secondary N) is 1. The molecule has 0 heterocycles. The molecule has 1 atom stereocenters. The van der Waals surface area contributed by atoms with Crippen LogP contribution >= 0.6 is 0 Å². The number of benzene rings is 1. The van der Waals surface area contributed by atoms with Crippen molar-refractivity contribution in [3.63, 3.8) is 0 Å². The van der Waals surface area contributed by atoms with E-state index in [1.165, 1.54) is 12.1 Å². The predicted molar refractivity (Wildman–Crippen MR) is 71.0 cm³/mol. The molecule has 1 rings (SSSR count). The fourth-order valence-corrected chi connectivity index (χ4v) is 2.08. The molecular formula is C12H18N2O3S. The highest BCUT2D eigenvalue weighted by molar-refractivity contribution is 7.90. The van der Waals surface area contributed by atoms with Gasteiger partial charge in [0.25, 0.3) is 0 Å². The molecular weight excluding hydrogens is 252 g/mol. The number of carbonyl (C=O) groups excluding carboxylic acids is 1. The summed E-state index contributed by atoms with van der Waals surface area (Å²) < 4.78 is 22.7. The molecule has 5 nitrogen and oxygen atoms in total. The lowest BCUT2D eigenvalue weighted by Gasteiger charge is -2.09. The molecule has 100 valence electrons. The van der Waals surface area contributed by atoms with Crippen LogP contribution in [0.2, 0.25) is 0 Å². The number of hydrogen-bond acceptors (Lipinski definition) is 4. The lowest BCUT2D eigenvalue weighted by molar-refractivity contribution is -0.116. The molecule has 3 N–H and O–H groups in total. The van der Waals surface area contributed by atoms with Crippen LogP contribution in [0.4, 0.5) is 5.69 Å². The Morgan fingerprint density at radius 1 is 1.44 bits per heavy atom. The summed E-state index contributed by atoms with van der Waals surface area (Å²) in [7, 11) is -3.26. The van der Waals surface area contributed by atoms with Crippen molar-refractivity contribution in [1.82, 2.24) is 0 Å². The molecule has 0 aromatic heterocycles. The highest BCUT2D eigenvalue weighted by atomic mass is 32.2. The molecule has 0 aliphatic rings. The molecule has 0 saturated carbocycles. The number of hydrogen-bond donors (Lipinski definition) is 2. The number of anilines is 1. The molecule has 0 aliphatic heterocycles. The van der Waals surface area contributed by atoms with Crippen molar-refractivity contribution in [3.8, 4) is 0 Å². The van der Waals surface area contributed by atoms with E-state index in [9.17, 15) is 13.2 Å². The van der Waals surface area contributed by atoms with Gasteiger partial charge in [-0.05, 0) is 30.7 Å². The number of nitrogens with two attached hydrogens (primary N) is 1. The summed E-state index contributed by atoms with van der Waals surface area (Å²) in [6, 6.07) is 6.19. The fourth-order valence-electron chi connectivity index (χ4n) is 1.42. The zero-order valence-corrected chi connectivity index (χ0v) is 11.3. The molecule has 1 aromatic carbocycles. The van der Waals surface area contributed by atoms with E-state index in [1.807, 2.05) is 6.92 Å². The van der Waals surface area contributed by atoms with Crippen molar-refractivity contribution in [2.24, 2.45) is 11.7 Å². The largest absolute Gasteiger partial charge is 0.330 e. The topological polar surface area (TPSA) is 89.3 Å². The molecule has 6 heteroatoms. The highest BCUT2D eigenvalue weighted by Crippen LogP contribution is 2.15. The van der Waals surface area contributed by atoms with Gasteiger partial charge in [0, 0.05) is 18.4 Å². The molecule has 0 saturated heterocycles. The van der Waals surface area contributed by atoms with Crippen LogP contribution in [0.25, 0.3) is 0 Å². The van der Waals surface area contributed by atoms with Gasteiger partial charge in [-0.25, -0.2) is 8.42 Å². The van der Waals surface area contributed by atoms with Crippen molar-refractivity contribution in [1.29, 1.82) is 0 Å². The van der Waals surface area contributed by atoms with E-state index in [4.69, 9.17) is 5.73 Å². The van der Waals surface area contributed by atoms with Gasteiger partial charge in [0.15, 0.2) is 9.84 Å². The van der Waals surface area contributed by atoms with E-state index >= 15 is 0 Å². The van der Waals surface area contributed by atoms with E-state index in [0.717, 1.165) is 6.26 Å². The molecule has 1 amide bonds. The number of sulfone groups is 1. The third-order valence-electron chi connectivity index (χ3n) is 2.48. The Bertz CT molecular complexity index is 526. The van der Waals surface area contributed by atoms with Gasteiger partial charge in [-0.2, -0.15) is 0 Å². The van der Waals surface area contributed by atoms with Crippen LogP contribution in [0.15, 0.2) is 29.2 Å². The second-order valence-electron chi connectivity index (χ2n) is 4.39. The maximum absolute atomic E-state index is 11.6. The Balaban J connectivity index is 2.77. The summed E-state index contributed by atoms with van der Waals surface area (Å²) in [5.41, 5.74) is 5.91. The molecule has 1 unspecified atom stereocenters. The minimum Gasteiger partial charge on any atom is -0.330 e. The lowest BCUT2D eigenvalue weighted by atomic mass is 10.1. The zero-order valence-electron chi connectivity index (χ0n) is 10.5. The van der Waals surface area contributed by atoms with Crippen molar-refractivity contribution in [3.05, 3.63) is 24.3 Å². The molecule has 0 spiro atoms. The van der Waals surface area contributed by atoms with Crippen LogP contribution in [-0.2, 0) is 14.6 Å². The first kappa shape index (κ1) is 14.7. The summed E-state index contributed by atoms with van der Waals surface area (Å²) >= 11 is 0. The average Bonchev–Trinajstić information content (AvgIpc) is 2.27. The first-order valence-electron chi connectivity index (χ1n) is 5.63. The Hall–Kier alpha value is -1.40. The van der Waals surface area contributed by atoms with Crippen LogP contribution in [0, 0.1) is 5.92 Å². The second kappa shape index (κ2) is 5.97. The van der Waals surface area contributed by atoms with E-state index in [2.05, 4.69) is 5.32 Å². The van der Waals surface area contributed by atoms with Gasteiger partial charge >= 0.3 is 0 Å². The van der Waals surface area contributed by atoms with Crippen molar-refractivity contribution in [2.75, 3.05) is 18.1 Å². The van der Waals surface area contributed by atoms with Crippen LogP contribution in [0.3, 0.4) is 0 Å². The Morgan fingerprint density at radius 2 is 2.11 bits per heavy atom.